The van der Waals surface area contributed by atoms with Crippen molar-refractivity contribution in [3.05, 3.63) is 41.5 Å². The number of esters is 1. The Morgan fingerprint density at radius 1 is 1.31 bits per heavy atom. The molecule has 7 nitrogen and oxygen atoms in total. The predicted molar refractivity (Wildman–Crippen MR) is 99.1 cm³/mol. The lowest BCUT2D eigenvalue weighted by Crippen LogP contribution is -2.54. The van der Waals surface area contributed by atoms with Crippen LogP contribution in [0.4, 0.5) is 0 Å². The number of hydrogen-bond acceptors (Lipinski definition) is 6. The van der Waals surface area contributed by atoms with E-state index in [0.29, 0.717) is 24.1 Å². The van der Waals surface area contributed by atoms with E-state index >= 15 is 0 Å². The summed E-state index contributed by atoms with van der Waals surface area (Å²) in [4.78, 5) is 30.4. The Labute approximate surface area is 155 Å². The second kappa shape index (κ2) is 7.25. The van der Waals surface area contributed by atoms with Crippen LogP contribution >= 0.6 is 11.3 Å². The highest BCUT2D eigenvalue weighted by Gasteiger charge is 2.38. The molecule has 3 aromatic heterocycles. The van der Waals surface area contributed by atoms with E-state index in [1.54, 1.807) is 22.0 Å². The molecule has 0 aromatic carbocycles. The smallest absolute Gasteiger partial charge is 0.331 e. The molecule has 0 bridgehead atoms. The fourth-order valence-corrected chi connectivity index (χ4v) is 3.65. The minimum atomic E-state index is -1.06. The zero-order valence-corrected chi connectivity index (χ0v) is 15.7. The van der Waals surface area contributed by atoms with Crippen molar-refractivity contribution >= 4 is 28.9 Å². The molecule has 0 aliphatic carbocycles. The minimum Gasteiger partial charge on any atom is -0.467 e. The molecule has 3 heterocycles. The highest BCUT2D eigenvalue weighted by molar-refractivity contribution is 7.13. The van der Waals surface area contributed by atoms with Crippen LogP contribution in [0.5, 0.6) is 0 Å². The maximum atomic E-state index is 12.9. The fraction of sp³-hybridized carbons (Fsp3) is 0.333. The Morgan fingerprint density at radius 2 is 2.08 bits per heavy atom. The summed E-state index contributed by atoms with van der Waals surface area (Å²) in [6, 6.07) is 5.79. The number of nitrogens with zero attached hydrogens (tertiary/aromatic N) is 3. The number of carbonyl (C=O) groups excluding carboxylic acids is 2. The number of hydrogen-bond donors (Lipinski definition) is 1. The van der Waals surface area contributed by atoms with Crippen molar-refractivity contribution < 1.29 is 14.3 Å². The van der Waals surface area contributed by atoms with Gasteiger partial charge < -0.3 is 10.1 Å². The van der Waals surface area contributed by atoms with Gasteiger partial charge in [0, 0.05) is 6.20 Å². The van der Waals surface area contributed by atoms with E-state index in [1.165, 1.54) is 13.3 Å². The van der Waals surface area contributed by atoms with Gasteiger partial charge >= 0.3 is 5.97 Å². The largest absolute Gasteiger partial charge is 0.467 e. The molecule has 0 spiro atoms. The maximum absolute atomic E-state index is 12.9. The number of nitrogens with one attached hydrogen (secondary N) is 1. The summed E-state index contributed by atoms with van der Waals surface area (Å²) in [7, 11) is 1.32. The lowest BCUT2D eigenvalue weighted by Gasteiger charge is -2.29. The average molecular weight is 372 g/mol. The first-order valence-electron chi connectivity index (χ1n) is 8.34. The first kappa shape index (κ1) is 18.1. The summed E-state index contributed by atoms with van der Waals surface area (Å²) in [6.45, 7) is 3.67. The van der Waals surface area contributed by atoms with Crippen molar-refractivity contribution in [3.8, 4) is 10.6 Å². The van der Waals surface area contributed by atoms with Crippen molar-refractivity contribution in [3.63, 3.8) is 0 Å². The van der Waals surface area contributed by atoms with E-state index in [1.807, 2.05) is 37.4 Å². The number of fused-ring (bicyclic) bond motifs is 1. The molecule has 0 atom stereocenters. The second-order valence-electron chi connectivity index (χ2n) is 5.84. The van der Waals surface area contributed by atoms with Crippen LogP contribution in [0.3, 0.4) is 0 Å². The average Bonchev–Trinajstić information content (AvgIpc) is 3.34. The summed E-state index contributed by atoms with van der Waals surface area (Å²) in [6.07, 6.45) is 3.97. The third kappa shape index (κ3) is 2.96. The molecule has 8 heteroatoms. The quantitative estimate of drug-likeness (QED) is 0.673. The van der Waals surface area contributed by atoms with Crippen LogP contribution in [0.2, 0.25) is 0 Å². The third-order valence-corrected chi connectivity index (χ3v) is 5.45. The van der Waals surface area contributed by atoms with E-state index in [9.17, 15) is 9.59 Å². The first-order valence-corrected chi connectivity index (χ1v) is 9.21. The molecule has 3 aromatic rings. The molecular weight excluding hydrogens is 352 g/mol. The molecule has 0 radical (unpaired) electrons. The van der Waals surface area contributed by atoms with Gasteiger partial charge in [-0.05, 0) is 30.4 Å². The van der Waals surface area contributed by atoms with Crippen LogP contribution in [-0.2, 0) is 9.53 Å². The van der Waals surface area contributed by atoms with Gasteiger partial charge in [-0.1, -0.05) is 19.9 Å². The lowest BCUT2D eigenvalue weighted by molar-refractivity contribution is -0.148. The van der Waals surface area contributed by atoms with Crippen molar-refractivity contribution in [1.82, 2.24) is 19.9 Å². The molecule has 26 heavy (non-hydrogen) atoms. The number of carbonyl (C=O) groups is 2. The molecule has 0 saturated carbocycles. The maximum Gasteiger partial charge on any atom is 0.331 e. The van der Waals surface area contributed by atoms with Gasteiger partial charge in [0.25, 0.3) is 5.91 Å². The molecule has 1 N–H and O–H groups in total. The Kier molecular flexibility index (Phi) is 5.03. The van der Waals surface area contributed by atoms with Crippen molar-refractivity contribution in [1.29, 1.82) is 0 Å². The summed E-state index contributed by atoms with van der Waals surface area (Å²) in [5.74, 6) is -0.857. The van der Waals surface area contributed by atoms with Crippen LogP contribution in [0, 0.1) is 0 Å². The normalized spacial score (nSPS) is 11.5. The van der Waals surface area contributed by atoms with E-state index in [2.05, 4.69) is 15.4 Å². The van der Waals surface area contributed by atoms with Gasteiger partial charge in [0.2, 0.25) is 0 Å². The number of rotatable bonds is 6. The number of thiophene rings is 1. The molecule has 0 saturated heterocycles. The predicted octanol–water partition coefficient (Wildman–Crippen LogP) is 2.92. The number of ether oxygens (including phenoxy) is 1. The molecule has 1 amide bonds. The molecule has 136 valence electrons. The van der Waals surface area contributed by atoms with Gasteiger partial charge in [0.05, 0.1) is 23.9 Å². The van der Waals surface area contributed by atoms with Crippen LogP contribution < -0.4 is 5.32 Å². The highest BCUT2D eigenvalue weighted by atomic mass is 32.1. The number of methoxy groups -OCH3 is 1. The van der Waals surface area contributed by atoms with Gasteiger partial charge in [-0.3, -0.25) is 4.79 Å². The standard InChI is InChI=1S/C18H20N4O3S/c1-4-18(5-2,17(24)25-3)21-16(23)12-11-20-22-13(8-9-19-15(12)22)14-7-6-10-26-14/h6-11H,4-5H2,1-3H3,(H,21,23). The van der Waals surface area contributed by atoms with Gasteiger partial charge in [-0.2, -0.15) is 5.10 Å². The molecule has 0 fully saturated rings. The zero-order valence-electron chi connectivity index (χ0n) is 14.9. The van der Waals surface area contributed by atoms with E-state index in [0.717, 1.165) is 10.6 Å². The molecule has 0 aliphatic rings. The Hall–Kier alpha value is -2.74. The first-order chi connectivity index (χ1) is 12.6. The van der Waals surface area contributed by atoms with Crippen LogP contribution in [0.15, 0.2) is 36.0 Å². The van der Waals surface area contributed by atoms with Crippen molar-refractivity contribution in [2.75, 3.05) is 7.11 Å². The van der Waals surface area contributed by atoms with E-state index in [4.69, 9.17) is 4.74 Å². The van der Waals surface area contributed by atoms with E-state index in [-0.39, 0.29) is 0 Å². The van der Waals surface area contributed by atoms with Gasteiger partial charge in [-0.25, -0.2) is 14.3 Å². The monoisotopic (exact) mass is 372 g/mol. The van der Waals surface area contributed by atoms with Gasteiger partial charge in [0.15, 0.2) is 5.65 Å². The number of aromatic nitrogens is 3. The summed E-state index contributed by atoms with van der Waals surface area (Å²) >= 11 is 1.58. The zero-order chi connectivity index (χ0) is 18.7. The summed E-state index contributed by atoms with van der Waals surface area (Å²) in [5.41, 5.74) is 0.554. The lowest BCUT2D eigenvalue weighted by atomic mass is 9.92. The highest BCUT2D eigenvalue weighted by Crippen LogP contribution is 2.26. The second-order valence-corrected chi connectivity index (χ2v) is 6.78. The van der Waals surface area contributed by atoms with Crippen molar-refractivity contribution in [2.24, 2.45) is 0 Å². The summed E-state index contributed by atoms with van der Waals surface area (Å²) in [5, 5.41) is 9.13. The van der Waals surface area contributed by atoms with Gasteiger partial charge in [0.1, 0.15) is 11.1 Å². The Morgan fingerprint density at radius 3 is 2.69 bits per heavy atom. The fourth-order valence-electron chi connectivity index (χ4n) is 2.91. The van der Waals surface area contributed by atoms with E-state index < -0.39 is 17.4 Å². The van der Waals surface area contributed by atoms with Crippen LogP contribution in [0.1, 0.15) is 37.0 Å². The molecule has 0 aliphatic heterocycles. The third-order valence-electron chi connectivity index (χ3n) is 4.56. The summed E-state index contributed by atoms with van der Waals surface area (Å²) < 4.78 is 6.52. The van der Waals surface area contributed by atoms with Crippen LogP contribution in [-0.4, -0.2) is 39.1 Å². The van der Waals surface area contributed by atoms with Crippen LogP contribution in [0.25, 0.3) is 16.2 Å². The Bertz CT molecular complexity index is 929. The van der Waals surface area contributed by atoms with Gasteiger partial charge in [-0.15, -0.1) is 11.3 Å². The topological polar surface area (TPSA) is 85.6 Å². The molecule has 0 unspecified atom stereocenters. The number of amides is 1. The SMILES string of the molecule is CCC(CC)(NC(=O)c1cnn2c(-c3cccs3)ccnc12)C(=O)OC. The minimum absolute atomic E-state index is 0.318. The molecular formula is C18H20N4O3S. The van der Waals surface area contributed by atoms with Crippen molar-refractivity contribution in [2.45, 2.75) is 32.2 Å². The molecule has 3 rings (SSSR count). The Balaban J connectivity index is 1.99.